The second-order valence-corrected chi connectivity index (χ2v) is 7.66. The van der Waals surface area contributed by atoms with Crippen LogP contribution in [0.25, 0.3) is 10.8 Å². The van der Waals surface area contributed by atoms with Gasteiger partial charge in [-0.2, -0.15) is 13.2 Å². The Hall–Kier alpha value is -2.19. The fourth-order valence-electron chi connectivity index (χ4n) is 4.52. The molecule has 5 nitrogen and oxygen atoms in total. The van der Waals surface area contributed by atoms with Crippen LogP contribution in [-0.2, 0) is 11.0 Å². The van der Waals surface area contributed by atoms with E-state index in [0.29, 0.717) is 34.8 Å². The zero-order valence-electron chi connectivity index (χ0n) is 14.6. The molecule has 1 spiro atoms. The summed E-state index contributed by atoms with van der Waals surface area (Å²) in [5.41, 5.74) is 2.02. The quantitative estimate of drug-likeness (QED) is 0.825. The first kappa shape index (κ1) is 16.9. The SMILES string of the molecule is FC(F)(F)c1ccc2cnc(N=C3C[C@@]4(CN5CCC4CC5)ON3)cc2c1. The summed E-state index contributed by atoms with van der Waals surface area (Å²) < 4.78 is 38.8. The minimum atomic E-state index is -4.37. The first-order valence-electron chi connectivity index (χ1n) is 9.12. The fourth-order valence-corrected chi connectivity index (χ4v) is 4.52. The summed E-state index contributed by atoms with van der Waals surface area (Å²) in [6.07, 6.45) is 0.115. The molecule has 4 aliphatic rings. The monoisotopic (exact) mass is 376 g/mol. The van der Waals surface area contributed by atoms with E-state index >= 15 is 0 Å². The highest BCUT2D eigenvalue weighted by atomic mass is 19.4. The second kappa shape index (κ2) is 5.90. The van der Waals surface area contributed by atoms with Crippen molar-refractivity contribution in [1.82, 2.24) is 15.4 Å². The highest BCUT2D eigenvalue weighted by molar-refractivity contribution is 5.88. The maximum atomic E-state index is 12.9. The molecule has 0 aliphatic carbocycles. The molecule has 1 aromatic heterocycles. The largest absolute Gasteiger partial charge is 0.416 e. The number of amidine groups is 1. The third kappa shape index (κ3) is 2.96. The van der Waals surface area contributed by atoms with Crippen LogP contribution in [-0.4, -0.2) is 41.0 Å². The standard InChI is InChI=1S/C19H19F3N4O/c20-19(21,22)15-2-1-12-10-23-16(8-13(12)7-15)24-17-9-18(27-25-17)11-26-5-3-14(18)4-6-26/h1-2,7-8,10,14H,3-6,9,11H2,(H,23,24,25)/t18-/m0/s1. The number of aromatic nitrogens is 1. The summed E-state index contributed by atoms with van der Waals surface area (Å²) in [4.78, 5) is 17.1. The molecule has 1 atom stereocenters. The van der Waals surface area contributed by atoms with Gasteiger partial charge in [0, 0.05) is 24.5 Å². The van der Waals surface area contributed by atoms with E-state index in [0.717, 1.165) is 44.6 Å². The molecule has 142 valence electrons. The molecule has 2 bridgehead atoms. The van der Waals surface area contributed by atoms with Crippen molar-refractivity contribution < 1.29 is 18.0 Å². The maximum absolute atomic E-state index is 12.9. The summed E-state index contributed by atoms with van der Waals surface area (Å²) in [6, 6.07) is 5.22. The normalized spacial score (nSPS) is 31.7. The topological polar surface area (TPSA) is 49.8 Å². The van der Waals surface area contributed by atoms with Crippen molar-refractivity contribution in [3.05, 3.63) is 36.0 Å². The Morgan fingerprint density at radius 3 is 2.70 bits per heavy atom. The summed E-state index contributed by atoms with van der Waals surface area (Å²) in [7, 11) is 0. The Balaban J connectivity index is 1.42. The highest BCUT2D eigenvalue weighted by Gasteiger charge is 2.52. The van der Waals surface area contributed by atoms with Gasteiger partial charge in [0.1, 0.15) is 11.4 Å². The molecule has 0 amide bonds. The summed E-state index contributed by atoms with van der Waals surface area (Å²) in [5.74, 6) is 1.58. The first-order chi connectivity index (χ1) is 12.9. The van der Waals surface area contributed by atoms with Gasteiger partial charge in [-0.1, -0.05) is 6.07 Å². The number of hydroxylamine groups is 1. The van der Waals surface area contributed by atoms with Crippen molar-refractivity contribution in [3.63, 3.8) is 0 Å². The van der Waals surface area contributed by atoms with Gasteiger partial charge in [0.2, 0.25) is 0 Å². The number of benzene rings is 1. The van der Waals surface area contributed by atoms with E-state index in [2.05, 4.69) is 20.4 Å². The van der Waals surface area contributed by atoms with Crippen molar-refractivity contribution in [2.24, 2.45) is 10.9 Å². The second-order valence-electron chi connectivity index (χ2n) is 7.66. The summed E-state index contributed by atoms with van der Waals surface area (Å²) >= 11 is 0. The summed E-state index contributed by atoms with van der Waals surface area (Å²) in [6.45, 7) is 3.13. The van der Waals surface area contributed by atoms with E-state index in [4.69, 9.17) is 4.84 Å². The first-order valence-corrected chi connectivity index (χ1v) is 9.12. The van der Waals surface area contributed by atoms with Gasteiger partial charge >= 0.3 is 6.18 Å². The lowest BCUT2D eigenvalue weighted by Crippen LogP contribution is -2.59. The van der Waals surface area contributed by atoms with E-state index in [1.807, 2.05) is 0 Å². The van der Waals surface area contributed by atoms with Crippen LogP contribution in [0, 0.1) is 5.92 Å². The zero-order chi connectivity index (χ0) is 18.6. The number of piperidine rings is 3. The van der Waals surface area contributed by atoms with E-state index in [-0.39, 0.29) is 5.60 Å². The molecule has 0 unspecified atom stereocenters. The van der Waals surface area contributed by atoms with E-state index in [1.54, 1.807) is 12.3 Å². The van der Waals surface area contributed by atoms with Crippen molar-refractivity contribution in [1.29, 1.82) is 0 Å². The van der Waals surface area contributed by atoms with Crippen LogP contribution < -0.4 is 5.48 Å². The molecule has 27 heavy (non-hydrogen) atoms. The molecule has 8 heteroatoms. The Bertz CT molecular complexity index is 921. The average molecular weight is 376 g/mol. The van der Waals surface area contributed by atoms with Crippen LogP contribution in [0.1, 0.15) is 24.8 Å². The van der Waals surface area contributed by atoms with Crippen molar-refractivity contribution in [3.8, 4) is 0 Å². The molecule has 1 N–H and O–H groups in total. The van der Waals surface area contributed by atoms with Gasteiger partial charge in [-0.25, -0.2) is 9.98 Å². The molecular weight excluding hydrogens is 357 g/mol. The van der Waals surface area contributed by atoms with Gasteiger partial charge in [-0.3, -0.25) is 10.3 Å². The molecule has 0 saturated carbocycles. The number of halogens is 3. The summed E-state index contributed by atoms with van der Waals surface area (Å²) in [5, 5.41) is 1.12. The molecule has 1 aromatic carbocycles. The fraction of sp³-hybridized carbons (Fsp3) is 0.474. The molecule has 2 aromatic rings. The van der Waals surface area contributed by atoms with Crippen LogP contribution >= 0.6 is 0 Å². The predicted octanol–water partition coefficient (Wildman–Crippen LogP) is 3.67. The minimum absolute atomic E-state index is 0.240. The van der Waals surface area contributed by atoms with Crippen molar-refractivity contribution in [2.45, 2.75) is 31.0 Å². The molecule has 0 radical (unpaired) electrons. The number of hydrogen-bond donors (Lipinski definition) is 1. The van der Waals surface area contributed by atoms with Crippen molar-refractivity contribution >= 4 is 22.4 Å². The van der Waals surface area contributed by atoms with E-state index in [1.165, 1.54) is 6.07 Å². The average Bonchev–Trinajstić information content (AvgIpc) is 3.03. The maximum Gasteiger partial charge on any atom is 0.416 e. The number of pyridine rings is 1. The van der Waals surface area contributed by atoms with E-state index in [9.17, 15) is 13.2 Å². The lowest BCUT2D eigenvalue weighted by atomic mass is 9.74. The zero-order valence-corrected chi connectivity index (χ0v) is 14.6. The molecule has 5 heterocycles. The molecule has 4 fully saturated rings. The number of alkyl halides is 3. The third-order valence-electron chi connectivity index (χ3n) is 5.95. The van der Waals surface area contributed by atoms with Gasteiger partial charge in [-0.15, -0.1) is 0 Å². The smallest absolute Gasteiger partial charge is 0.300 e. The van der Waals surface area contributed by atoms with Crippen LogP contribution in [0.2, 0.25) is 0 Å². The number of fused-ring (bicyclic) bond motifs is 3. The Labute approximate surface area is 154 Å². The Kier molecular flexibility index (Phi) is 3.70. The van der Waals surface area contributed by atoms with E-state index < -0.39 is 11.7 Å². The highest BCUT2D eigenvalue weighted by Crippen LogP contribution is 2.42. The molecule has 4 saturated heterocycles. The van der Waals surface area contributed by atoms with Crippen LogP contribution in [0.4, 0.5) is 19.0 Å². The van der Waals surface area contributed by atoms with Crippen LogP contribution in [0.5, 0.6) is 0 Å². The van der Waals surface area contributed by atoms with Gasteiger partial charge < -0.3 is 4.90 Å². The Morgan fingerprint density at radius 2 is 2.00 bits per heavy atom. The number of nitrogens with zero attached hydrogens (tertiary/aromatic N) is 3. The predicted molar refractivity (Wildman–Crippen MR) is 94.6 cm³/mol. The Morgan fingerprint density at radius 1 is 1.19 bits per heavy atom. The van der Waals surface area contributed by atoms with Gasteiger partial charge in [0.25, 0.3) is 0 Å². The lowest BCUT2D eigenvalue weighted by molar-refractivity contribution is -0.150. The van der Waals surface area contributed by atoms with Gasteiger partial charge in [0.15, 0.2) is 5.82 Å². The third-order valence-corrected chi connectivity index (χ3v) is 5.95. The van der Waals surface area contributed by atoms with Crippen LogP contribution in [0.15, 0.2) is 35.5 Å². The number of nitrogens with one attached hydrogen (secondary N) is 1. The molecule has 6 rings (SSSR count). The number of aliphatic imine (C=N–C) groups is 1. The van der Waals surface area contributed by atoms with Gasteiger partial charge in [0.05, 0.1) is 5.56 Å². The number of hydrogen-bond acceptors (Lipinski definition) is 4. The van der Waals surface area contributed by atoms with Crippen molar-refractivity contribution in [2.75, 3.05) is 19.6 Å². The van der Waals surface area contributed by atoms with Gasteiger partial charge in [-0.05, 0) is 55.4 Å². The van der Waals surface area contributed by atoms with Crippen LogP contribution in [0.3, 0.4) is 0 Å². The minimum Gasteiger partial charge on any atom is -0.300 e. The number of rotatable bonds is 1. The molecule has 4 aliphatic heterocycles. The molecular formula is C19H19F3N4O. The lowest BCUT2D eigenvalue weighted by Gasteiger charge is -2.49.